The second kappa shape index (κ2) is 12.2. The third kappa shape index (κ3) is 4.90. The van der Waals surface area contributed by atoms with Gasteiger partial charge in [0.05, 0.1) is 11.0 Å². The summed E-state index contributed by atoms with van der Waals surface area (Å²) in [4.78, 5) is 9.72. The summed E-state index contributed by atoms with van der Waals surface area (Å²) in [6.45, 7) is 4.73. The zero-order chi connectivity index (χ0) is 38.5. The lowest BCUT2D eigenvalue weighted by atomic mass is 9.81. The summed E-state index contributed by atoms with van der Waals surface area (Å²) in [6.07, 6.45) is 0. The molecule has 11 aromatic rings. The van der Waals surface area contributed by atoms with Crippen LogP contribution in [0.25, 0.3) is 106 Å². The molecule has 0 fully saturated rings. The van der Waals surface area contributed by atoms with Gasteiger partial charge in [-0.1, -0.05) is 111 Å². The van der Waals surface area contributed by atoms with Crippen LogP contribution in [0.4, 0.5) is 0 Å². The first-order valence-electron chi connectivity index (χ1n) is 19.7. The van der Waals surface area contributed by atoms with Gasteiger partial charge in [0.15, 0.2) is 11.2 Å². The van der Waals surface area contributed by atoms with E-state index >= 15 is 0 Å². The van der Waals surface area contributed by atoms with Crippen molar-refractivity contribution in [3.63, 3.8) is 0 Å². The van der Waals surface area contributed by atoms with E-state index in [9.17, 15) is 0 Å². The fourth-order valence-corrected chi connectivity index (χ4v) is 9.23. The molecule has 3 heterocycles. The standard InChI is InChI=1S/C53H35N3O2/c1-53(2)41-25-26-46-50(40-17-6-9-20-45(40)56(46)38-15-4-3-5-16-38)49(41)39-24-23-34(31-42(39)53)32-13-12-14-33(27-32)35-28-36(51-54-43-18-7-10-21-47(43)57-51)30-37(29-35)52-55-44-19-8-11-22-48(44)58-52/h3-31H,1-2H3. The Morgan fingerprint density at radius 1 is 0.448 bits per heavy atom. The molecule has 0 unspecified atom stereocenters. The van der Waals surface area contributed by atoms with Gasteiger partial charge in [0.25, 0.3) is 0 Å². The van der Waals surface area contributed by atoms with Crippen LogP contribution in [0.1, 0.15) is 25.0 Å². The number of benzene rings is 8. The van der Waals surface area contributed by atoms with E-state index in [-0.39, 0.29) is 5.41 Å². The van der Waals surface area contributed by atoms with Crippen LogP contribution >= 0.6 is 0 Å². The van der Waals surface area contributed by atoms with Crippen LogP contribution in [0.15, 0.2) is 185 Å². The molecule has 0 radical (unpaired) electrons. The molecule has 5 heteroatoms. The van der Waals surface area contributed by atoms with Crippen molar-refractivity contribution in [3.8, 4) is 62.0 Å². The third-order valence-electron chi connectivity index (χ3n) is 12.0. The average molecular weight is 746 g/mol. The fraction of sp³-hybridized carbons (Fsp3) is 0.0566. The van der Waals surface area contributed by atoms with Gasteiger partial charge in [-0.2, -0.15) is 0 Å². The number of aromatic nitrogens is 3. The summed E-state index contributed by atoms with van der Waals surface area (Å²) in [5.74, 6) is 1.11. The van der Waals surface area contributed by atoms with E-state index in [4.69, 9.17) is 18.8 Å². The Balaban J connectivity index is 0.994. The first-order valence-corrected chi connectivity index (χ1v) is 19.7. The number of rotatable bonds is 5. The zero-order valence-electron chi connectivity index (χ0n) is 31.9. The topological polar surface area (TPSA) is 57.0 Å². The molecule has 58 heavy (non-hydrogen) atoms. The van der Waals surface area contributed by atoms with Crippen molar-refractivity contribution in [2.24, 2.45) is 0 Å². The van der Waals surface area contributed by atoms with Gasteiger partial charge in [-0.15, -0.1) is 0 Å². The Kier molecular flexibility index (Phi) is 6.91. The molecule has 5 nitrogen and oxygen atoms in total. The molecule has 0 saturated carbocycles. The summed E-state index contributed by atoms with van der Waals surface area (Å²) in [7, 11) is 0. The van der Waals surface area contributed by atoms with Crippen LogP contribution in [-0.4, -0.2) is 14.5 Å². The molecule has 274 valence electrons. The Bertz CT molecular complexity index is 3280. The van der Waals surface area contributed by atoms with Gasteiger partial charge in [0, 0.05) is 33.0 Å². The molecule has 0 saturated heterocycles. The SMILES string of the molecule is CC1(C)c2cc(-c3cccc(-c4cc(-c5nc6ccccc6o5)cc(-c5nc6ccccc6o5)c4)c3)ccc2-c2c1ccc1c2c2ccccc2n1-c1ccccc1. The van der Waals surface area contributed by atoms with Gasteiger partial charge < -0.3 is 13.4 Å². The first kappa shape index (κ1) is 32.7. The van der Waals surface area contributed by atoms with E-state index in [2.05, 4.69) is 146 Å². The quantitative estimate of drug-likeness (QED) is 0.176. The number of para-hydroxylation sites is 6. The van der Waals surface area contributed by atoms with Crippen LogP contribution in [-0.2, 0) is 5.41 Å². The number of oxazole rings is 2. The van der Waals surface area contributed by atoms with Gasteiger partial charge in [-0.05, 0) is 123 Å². The van der Waals surface area contributed by atoms with E-state index in [1.54, 1.807) is 0 Å². The maximum Gasteiger partial charge on any atom is 0.227 e. The Labute approximate surface area is 334 Å². The predicted molar refractivity (Wildman–Crippen MR) is 235 cm³/mol. The minimum atomic E-state index is -0.190. The smallest absolute Gasteiger partial charge is 0.227 e. The molecule has 0 N–H and O–H groups in total. The second-order valence-corrected chi connectivity index (χ2v) is 15.8. The molecule has 3 aromatic heterocycles. The van der Waals surface area contributed by atoms with Crippen molar-refractivity contribution in [1.82, 2.24) is 14.5 Å². The number of hydrogen-bond acceptors (Lipinski definition) is 4. The summed E-state index contributed by atoms with van der Waals surface area (Å²) in [5.41, 5.74) is 18.0. The maximum atomic E-state index is 6.29. The van der Waals surface area contributed by atoms with Crippen molar-refractivity contribution in [2.45, 2.75) is 19.3 Å². The van der Waals surface area contributed by atoms with Crippen LogP contribution in [0, 0.1) is 0 Å². The molecule has 0 bridgehead atoms. The minimum Gasteiger partial charge on any atom is -0.436 e. The predicted octanol–water partition coefficient (Wildman–Crippen LogP) is 14.0. The molecular formula is C53H35N3O2. The van der Waals surface area contributed by atoms with Gasteiger partial charge >= 0.3 is 0 Å². The Hall–Kier alpha value is -7.50. The lowest BCUT2D eigenvalue weighted by Gasteiger charge is -2.22. The monoisotopic (exact) mass is 745 g/mol. The molecule has 12 rings (SSSR count). The summed E-state index contributed by atoms with van der Waals surface area (Å²) < 4.78 is 15.0. The van der Waals surface area contributed by atoms with Crippen LogP contribution in [0.3, 0.4) is 0 Å². The first-order chi connectivity index (χ1) is 28.5. The van der Waals surface area contributed by atoms with Crippen molar-refractivity contribution in [2.75, 3.05) is 0 Å². The molecule has 0 aliphatic heterocycles. The van der Waals surface area contributed by atoms with Crippen LogP contribution < -0.4 is 0 Å². The zero-order valence-corrected chi connectivity index (χ0v) is 31.9. The van der Waals surface area contributed by atoms with E-state index in [0.717, 1.165) is 50.0 Å². The summed E-state index contributed by atoms with van der Waals surface area (Å²) in [5, 5.41) is 2.59. The lowest BCUT2D eigenvalue weighted by Crippen LogP contribution is -2.15. The highest BCUT2D eigenvalue weighted by atomic mass is 16.4. The van der Waals surface area contributed by atoms with Gasteiger partial charge in [0.1, 0.15) is 11.0 Å². The van der Waals surface area contributed by atoms with Crippen molar-refractivity contribution >= 4 is 44.0 Å². The highest BCUT2D eigenvalue weighted by Gasteiger charge is 2.38. The van der Waals surface area contributed by atoms with Gasteiger partial charge in [-0.25, -0.2) is 9.97 Å². The fourth-order valence-electron chi connectivity index (χ4n) is 9.23. The van der Waals surface area contributed by atoms with Crippen molar-refractivity contribution in [1.29, 1.82) is 0 Å². The number of nitrogens with zero attached hydrogens (tertiary/aromatic N) is 3. The van der Waals surface area contributed by atoms with E-state index in [0.29, 0.717) is 11.8 Å². The van der Waals surface area contributed by atoms with E-state index < -0.39 is 0 Å². The highest BCUT2D eigenvalue weighted by Crippen LogP contribution is 2.54. The molecule has 1 aliphatic rings. The normalized spacial score (nSPS) is 13.1. The molecule has 0 spiro atoms. The van der Waals surface area contributed by atoms with Crippen molar-refractivity contribution in [3.05, 3.63) is 187 Å². The number of hydrogen-bond donors (Lipinski definition) is 0. The third-order valence-corrected chi connectivity index (χ3v) is 12.0. The average Bonchev–Trinajstić information content (AvgIpc) is 4.04. The summed E-state index contributed by atoms with van der Waals surface area (Å²) in [6, 6.07) is 62.1. The molecule has 0 atom stereocenters. The largest absolute Gasteiger partial charge is 0.436 e. The molecular weight excluding hydrogens is 711 g/mol. The Morgan fingerprint density at radius 2 is 1.03 bits per heavy atom. The molecule has 0 amide bonds. The lowest BCUT2D eigenvalue weighted by molar-refractivity contribution is 0.617. The van der Waals surface area contributed by atoms with Crippen LogP contribution in [0.5, 0.6) is 0 Å². The second-order valence-electron chi connectivity index (χ2n) is 15.8. The summed E-state index contributed by atoms with van der Waals surface area (Å²) >= 11 is 0. The van der Waals surface area contributed by atoms with Crippen LogP contribution in [0.2, 0.25) is 0 Å². The van der Waals surface area contributed by atoms with Gasteiger partial charge in [-0.3, -0.25) is 0 Å². The Morgan fingerprint density at radius 3 is 1.74 bits per heavy atom. The number of fused-ring (bicyclic) bond motifs is 9. The molecule has 8 aromatic carbocycles. The molecule has 1 aliphatic carbocycles. The van der Waals surface area contributed by atoms with E-state index in [1.807, 2.05) is 48.5 Å². The minimum absolute atomic E-state index is 0.190. The van der Waals surface area contributed by atoms with E-state index in [1.165, 1.54) is 55.3 Å². The van der Waals surface area contributed by atoms with Gasteiger partial charge in [0.2, 0.25) is 11.8 Å². The maximum absolute atomic E-state index is 6.29. The highest BCUT2D eigenvalue weighted by molar-refractivity contribution is 6.18. The van der Waals surface area contributed by atoms with Crippen molar-refractivity contribution < 1.29 is 8.83 Å².